The van der Waals surface area contributed by atoms with Gasteiger partial charge in [0.25, 0.3) is 0 Å². The van der Waals surface area contributed by atoms with E-state index < -0.39 is 24.6 Å². The summed E-state index contributed by atoms with van der Waals surface area (Å²) >= 11 is 0. The third kappa shape index (κ3) is 7.12. The van der Waals surface area contributed by atoms with Crippen LogP contribution in [0.3, 0.4) is 0 Å². The molecule has 40 heavy (non-hydrogen) atoms. The van der Waals surface area contributed by atoms with E-state index in [1.165, 1.54) is 0 Å². The second-order valence-electron chi connectivity index (χ2n) is 11.1. The van der Waals surface area contributed by atoms with Crippen LogP contribution in [0.4, 0.5) is 0 Å². The zero-order valence-corrected chi connectivity index (χ0v) is 24.1. The van der Waals surface area contributed by atoms with E-state index in [1.54, 1.807) is 7.11 Å². The van der Waals surface area contributed by atoms with Gasteiger partial charge in [-0.3, -0.25) is 4.79 Å². The Kier molecular flexibility index (Phi) is 11.6. The molecule has 1 aliphatic carbocycles. The van der Waals surface area contributed by atoms with Gasteiger partial charge in [-0.15, -0.1) is 0 Å². The monoisotopic (exact) mass is 554 g/mol. The van der Waals surface area contributed by atoms with Gasteiger partial charge in [-0.25, -0.2) is 0 Å². The zero-order valence-electron chi connectivity index (χ0n) is 24.1. The zero-order chi connectivity index (χ0) is 28.5. The molecule has 220 valence electrons. The lowest BCUT2D eigenvalue weighted by atomic mass is 9.60. The van der Waals surface area contributed by atoms with E-state index in [0.29, 0.717) is 38.7 Å². The van der Waals surface area contributed by atoms with Gasteiger partial charge in [0.05, 0.1) is 18.8 Å². The van der Waals surface area contributed by atoms with Crippen molar-refractivity contribution in [3.8, 4) is 0 Å². The molecule has 1 aliphatic heterocycles. The summed E-state index contributed by atoms with van der Waals surface area (Å²) in [7, 11) is 1.66. The molecule has 7 nitrogen and oxygen atoms in total. The predicted molar refractivity (Wildman–Crippen MR) is 152 cm³/mol. The SMILES string of the molecule is CCOC(=O)CCC[C@H]1[C@@H](O)[C@H](CCO)[C@H]2C[C@H](OC)O[C@H](c3ccccc3)[C@@H](c3ccccc3)O[C@H]2[C@@H]1CC. The first kappa shape index (κ1) is 30.7. The van der Waals surface area contributed by atoms with Crippen molar-refractivity contribution >= 4 is 5.97 Å². The van der Waals surface area contributed by atoms with Crippen LogP contribution in [-0.4, -0.2) is 55.0 Å². The Hall–Kier alpha value is -2.29. The molecular weight excluding hydrogens is 508 g/mol. The number of hydrogen-bond acceptors (Lipinski definition) is 7. The summed E-state index contributed by atoms with van der Waals surface area (Å²) in [4.78, 5) is 12.1. The number of hydrogen-bond donors (Lipinski definition) is 2. The molecule has 0 aromatic heterocycles. The maximum atomic E-state index is 12.1. The standard InChI is InChI=1S/C33H46O7/c1-4-24-25(17-12-18-28(35)38-5-2)30(36)26(19-20-34)27-21-29(37-3)39-31(22-13-8-6-9-14-22)32(40-33(24)27)23-15-10-7-11-16-23/h6-11,13-16,24-27,29-34,36H,4-5,12,17-21H2,1-3H3/t24-,25-,26-,27-,29-,30-,31-,32-,33+/m1/s1. The van der Waals surface area contributed by atoms with E-state index in [-0.39, 0.29) is 42.4 Å². The first-order valence-corrected chi connectivity index (χ1v) is 14.9. The fraction of sp³-hybridized carbons (Fsp3) is 0.606. The average Bonchev–Trinajstić information content (AvgIpc) is 2.97. The number of aliphatic hydroxyl groups is 2. The summed E-state index contributed by atoms with van der Waals surface area (Å²) in [6.45, 7) is 4.30. The van der Waals surface area contributed by atoms with Gasteiger partial charge in [-0.1, -0.05) is 74.0 Å². The summed E-state index contributed by atoms with van der Waals surface area (Å²) in [5, 5.41) is 21.8. The Balaban J connectivity index is 1.73. The number of fused-ring (bicyclic) bond motifs is 1. The quantitative estimate of drug-likeness (QED) is 0.349. The maximum absolute atomic E-state index is 12.1. The summed E-state index contributed by atoms with van der Waals surface area (Å²) in [5.74, 6) is -0.457. The van der Waals surface area contributed by atoms with Crippen LogP contribution in [0.25, 0.3) is 0 Å². The molecule has 4 rings (SSSR count). The molecular formula is C33H46O7. The maximum Gasteiger partial charge on any atom is 0.305 e. The molecule has 2 aromatic carbocycles. The fourth-order valence-electron chi connectivity index (χ4n) is 7.01. The van der Waals surface area contributed by atoms with Crippen molar-refractivity contribution in [2.75, 3.05) is 20.3 Å². The van der Waals surface area contributed by atoms with Gasteiger partial charge in [-0.2, -0.15) is 0 Å². The molecule has 0 spiro atoms. The average molecular weight is 555 g/mol. The van der Waals surface area contributed by atoms with Crippen LogP contribution < -0.4 is 0 Å². The van der Waals surface area contributed by atoms with Crippen molar-refractivity contribution < 1.29 is 34.0 Å². The highest BCUT2D eigenvalue weighted by atomic mass is 16.7. The van der Waals surface area contributed by atoms with E-state index in [1.807, 2.05) is 43.3 Å². The Labute approximate surface area is 238 Å². The number of aliphatic hydroxyl groups excluding tert-OH is 2. The molecule has 0 amide bonds. The van der Waals surface area contributed by atoms with Crippen LogP contribution in [0, 0.1) is 23.7 Å². The smallest absolute Gasteiger partial charge is 0.305 e. The van der Waals surface area contributed by atoms with Crippen molar-refractivity contribution in [1.29, 1.82) is 0 Å². The normalized spacial score (nSPS) is 32.5. The van der Waals surface area contributed by atoms with Crippen LogP contribution >= 0.6 is 0 Å². The Bertz CT molecular complexity index is 1020. The van der Waals surface area contributed by atoms with Gasteiger partial charge < -0.3 is 29.2 Å². The molecule has 0 radical (unpaired) electrons. The molecule has 2 fully saturated rings. The van der Waals surface area contributed by atoms with Crippen LogP contribution in [0.1, 0.15) is 75.7 Å². The van der Waals surface area contributed by atoms with Crippen LogP contribution in [0.15, 0.2) is 60.7 Å². The molecule has 1 saturated heterocycles. The minimum atomic E-state index is -0.624. The van der Waals surface area contributed by atoms with Crippen molar-refractivity contribution in [1.82, 2.24) is 0 Å². The number of ether oxygens (including phenoxy) is 4. The third-order valence-corrected chi connectivity index (χ3v) is 8.84. The van der Waals surface area contributed by atoms with Gasteiger partial charge in [0.15, 0.2) is 6.29 Å². The molecule has 2 N–H and O–H groups in total. The Morgan fingerprint density at radius 2 is 1.52 bits per heavy atom. The second kappa shape index (κ2) is 15.1. The topological polar surface area (TPSA) is 94.5 Å². The number of carbonyl (C=O) groups is 1. The lowest BCUT2D eigenvalue weighted by molar-refractivity contribution is -0.266. The molecule has 9 atom stereocenters. The molecule has 1 saturated carbocycles. The number of methoxy groups -OCH3 is 1. The lowest BCUT2D eigenvalue weighted by Gasteiger charge is -2.53. The Morgan fingerprint density at radius 3 is 2.08 bits per heavy atom. The summed E-state index contributed by atoms with van der Waals surface area (Å²) in [6.07, 6.45) is 1.40. The van der Waals surface area contributed by atoms with Crippen LogP contribution in [0.5, 0.6) is 0 Å². The van der Waals surface area contributed by atoms with Crippen molar-refractivity contribution in [3.63, 3.8) is 0 Å². The van der Waals surface area contributed by atoms with E-state index in [4.69, 9.17) is 18.9 Å². The lowest BCUT2D eigenvalue weighted by Crippen LogP contribution is -2.55. The second-order valence-corrected chi connectivity index (χ2v) is 11.1. The first-order valence-electron chi connectivity index (χ1n) is 14.9. The highest BCUT2D eigenvalue weighted by Gasteiger charge is 2.52. The summed E-state index contributed by atoms with van der Waals surface area (Å²) in [5.41, 5.74) is 2.03. The van der Waals surface area contributed by atoms with Gasteiger partial charge in [0, 0.05) is 26.6 Å². The van der Waals surface area contributed by atoms with E-state index in [2.05, 4.69) is 31.2 Å². The van der Waals surface area contributed by atoms with Gasteiger partial charge in [0.2, 0.25) is 0 Å². The molecule has 0 bridgehead atoms. The van der Waals surface area contributed by atoms with Crippen LogP contribution in [-0.2, 0) is 23.7 Å². The number of esters is 1. The molecule has 0 unspecified atom stereocenters. The minimum absolute atomic E-state index is 0.0233. The number of carbonyl (C=O) groups excluding carboxylic acids is 1. The summed E-state index contributed by atoms with van der Waals surface area (Å²) < 4.78 is 24.9. The minimum Gasteiger partial charge on any atom is -0.466 e. The molecule has 2 aromatic rings. The van der Waals surface area contributed by atoms with Gasteiger partial charge >= 0.3 is 5.97 Å². The van der Waals surface area contributed by atoms with Gasteiger partial charge in [0.1, 0.15) is 12.2 Å². The third-order valence-electron chi connectivity index (χ3n) is 8.84. The van der Waals surface area contributed by atoms with E-state index in [0.717, 1.165) is 17.5 Å². The molecule has 7 heteroatoms. The Morgan fingerprint density at radius 1 is 0.900 bits per heavy atom. The predicted octanol–water partition coefficient (Wildman–Crippen LogP) is 5.61. The molecule has 2 aliphatic rings. The van der Waals surface area contributed by atoms with Crippen LogP contribution in [0.2, 0.25) is 0 Å². The fourth-order valence-corrected chi connectivity index (χ4v) is 7.01. The highest BCUT2D eigenvalue weighted by molar-refractivity contribution is 5.69. The highest BCUT2D eigenvalue weighted by Crippen LogP contribution is 2.51. The van der Waals surface area contributed by atoms with E-state index in [9.17, 15) is 15.0 Å². The van der Waals surface area contributed by atoms with E-state index >= 15 is 0 Å². The number of benzene rings is 2. The first-order chi connectivity index (χ1) is 19.5. The largest absolute Gasteiger partial charge is 0.466 e. The number of rotatable bonds is 11. The molecule has 1 heterocycles. The van der Waals surface area contributed by atoms with Crippen molar-refractivity contribution in [3.05, 3.63) is 71.8 Å². The van der Waals surface area contributed by atoms with Gasteiger partial charge in [-0.05, 0) is 61.0 Å². The van der Waals surface area contributed by atoms with Crippen molar-refractivity contribution in [2.45, 2.75) is 83.1 Å². The summed E-state index contributed by atoms with van der Waals surface area (Å²) in [6, 6.07) is 20.3. The van der Waals surface area contributed by atoms with Crippen molar-refractivity contribution in [2.24, 2.45) is 23.7 Å².